The van der Waals surface area contributed by atoms with E-state index in [1.807, 2.05) is 36.1 Å². The van der Waals surface area contributed by atoms with Crippen LogP contribution in [0.2, 0.25) is 5.02 Å². The van der Waals surface area contributed by atoms with Crippen LogP contribution in [0.3, 0.4) is 0 Å². The monoisotopic (exact) mass is 477 g/mol. The quantitative estimate of drug-likeness (QED) is 0.703. The summed E-state index contributed by atoms with van der Waals surface area (Å²) in [5, 5.41) is 3.62. The van der Waals surface area contributed by atoms with Gasteiger partial charge in [-0.2, -0.15) is 0 Å². The van der Waals surface area contributed by atoms with Gasteiger partial charge in [-0.1, -0.05) is 45.7 Å². The molecule has 5 nitrogen and oxygen atoms in total. The second-order valence-electron chi connectivity index (χ2n) is 7.27. The number of benzene rings is 2. The maximum Gasteiger partial charge on any atom is 0.253 e. The number of rotatable bonds is 5. The zero-order valence-electron chi connectivity index (χ0n) is 16.4. The molecule has 1 aliphatic rings. The number of hydrogen-bond donors (Lipinski definition) is 1. The van der Waals surface area contributed by atoms with Gasteiger partial charge in [0.15, 0.2) is 0 Å². The molecule has 1 aliphatic heterocycles. The molecule has 154 valence electrons. The third kappa shape index (κ3) is 6.29. The summed E-state index contributed by atoms with van der Waals surface area (Å²) in [7, 11) is 0. The summed E-state index contributed by atoms with van der Waals surface area (Å²) in [4.78, 5) is 29.2. The van der Waals surface area contributed by atoms with Gasteiger partial charge in [0.1, 0.15) is 0 Å². The van der Waals surface area contributed by atoms with E-state index in [0.717, 1.165) is 23.0 Å². The molecule has 1 N–H and O–H groups in total. The van der Waals surface area contributed by atoms with E-state index in [1.165, 1.54) is 0 Å². The molecule has 1 unspecified atom stereocenters. The fourth-order valence-corrected chi connectivity index (χ4v) is 3.92. The second kappa shape index (κ2) is 10.2. The van der Waals surface area contributed by atoms with Crippen molar-refractivity contribution in [2.75, 3.05) is 32.7 Å². The lowest BCUT2D eigenvalue weighted by Gasteiger charge is -2.23. The molecule has 0 aromatic heterocycles. The molecular formula is C22H25BrClN3O2. The largest absolute Gasteiger partial charge is 0.348 e. The number of amides is 2. The highest BCUT2D eigenvalue weighted by Gasteiger charge is 2.22. The Bertz CT molecular complexity index is 859. The van der Waals surface area contributed by atoms with Gasteiger partial charge < -0.3 is 10.2 Å². The van der Waals surface area contributed by atoms with Crippen molar-refractivity contribution in [1.29, 1.82) is 0 Å². The van der Waals surface area contributed by atoms with Crippen molar-refractivity contribution in [2.24, 2.45) is 0 Å². The molecule has 0 saturated carbocycles. The number of nitrogens with one attached hydrogen (secondary N) is 1. The van der Waals surface area contributed by atoms with E-state index in [1.54, 1.807) is 24.3 Å². The molecule has 2 amide bonds. The number of halogens is 2. The molecule has 3 rings (SSSR count). The highest BCUT2D eigenvalue weighted by Crippen LogP contribution is 2.17. The Hall–Kier alpha value is -1.89. The first-order chi connectivity index (χ1) is 13.9. The van der Waals surface area contributed by atoms with E-state index >= 15 is 0 Å². The van der Waals surface area contributed by atoms with E-state index < -0.39 is 0 Å². The molecule has 1 atom stereocenters. The molecule has 29 heavy (non-hydrogen) atoms. The van der Waals surface area contributed by atoms with Crippen molar-refractivity contribution >= 4 is 39.3 Å². The lowest BCUT2D eigenvalue weighted by atomic mass is 10.1. The smallest absolute Gasteiger partial charge is 0.253 e. The standard InChI is InChI=1S/C22H25BrClN3O2/c1-16(17-6-8-19(23)9-7-17)25-21(28)15-26-10-3-11-27(13-12-26)22(29)18-4-2-5-20(24)14-18/h2,4-9,14,16H,3,10-13,15H2,1H3,(H,25,28). The van der Waals surface area contributed by atoms with Crippen molar-refractivity contribution in [3.05, 3.63) is 69.2 Å². The van der Waals surface area contributed by atoms with E-state index in [-0.39, 0.29) is 17.9 Å². The summed E-state index contributed by atoms with van der Waals surface area (Å²) >= 11 is 9.43. The van der Waals surface area contributed by atoms with Crippen LogP contribution in [0.25, 0.3) is 0 Å². The van der Waals surface area contributed by atoms with Crippen molar-refractivity contribution in [1.82, 2.24) is 15.1 Å². The molecular weight excluding hydrogens is 454 g/mol. The van der Waals surface area contributed by atoms with Crippen molar-refractivity contribution in [3.63, 3.8) is 0 Å². The first-order valence-electron chi connectivity index (χ1n) is 9.74. The number of nitrogens with zero attached hydrogens (tertiary/aromatic N) is 2. The molecule has 1 heterocycles. The van der Waals surface area contributed by atoms with E-state index in [0.29, 0.717) is 36.8 Å². The second-order valence-corrected chi connectivity index (χ2v) is 8.63. The average molecular weight is 479 g/mol. The van der Waals surface area contributed by atoms with Crippen LogP contribution < -0.4 is 5.32 Å². The molecule has 2 aromatic rings. The Morgan fingerprint density at radius 1 is 1.10 bits per heavy atom. The number of carbonyl (C=O) groups excluding carboxylic acids is 2. The Kier molecular flexibility index (Phi) is 7.70. The fourth-order valence-electron chi connectivity index (χ4n) is 3.46. The molecule has 0 bridgehead atoms. The SMILES string of the molecule is CC(NC(=O)CN1CCCN(C(=O)c2cccc(Cl)c2)CC1)c1ccc(Br)cc1. The topological polar surface area (TPSA) is 52.7 Å². The minimum atomic E-state index is -0.0523. The van der Waals surface area contributed by atoms with Gasteiger partial charge >= 0.3 is 0 Å². The summed E-state index contributed by atoms with van der Waals surface area (Å²) in [6.07, 6.45) is 0.835. The summed E-state index contributed by atoms with van der Waals surface area (Å²) in [6, 6.07) is 14.9. The van der Waals surface area contributed by atoms with E-state index in [4.69, 9.17) is 11.6 Å². The highest BCUT2D eigenvalue weighted by atomic mass is 79.9. The van der Waals surface area contributed by atoms with Crippen LogP contribution in [0.4, 0.5) is 0 Å². The molecule has 0 spiro atoms. The predicted octanol–water partition coefficient (Wildman–Crippen LogP) is 4.13. The van der Waals surface area contributed by atoms with Crippen LogP contribution >= 0.6 is 27.5 Å². The van der Waals surface area contributed by atoms with Crippen LogP contribution in [0.1, 0.15) is 35.3 Å². The van der Waals surface area contributed by atoms with Gasteiger partial charge in [0.05, 0.1) is 12.6 Å². The maximum atomic E-state index is 12.7. The normalized spacial score (nSPS) is 16.2. The van der Waals surface area contributed by atoms with Gasteiger partial charge in [0.25, 0.3) is 5.91 Å². The van der Waals surface area contributed by atoms with Crippen LogP contribution in [0.15, 0.2) is 53.0 Å². The third-order valence-electron chi connectivity index (χ3n) is 5.06. The lowest BCUT2D eigenvalue weighted by molar-refractivity contribution is -0.122. The number of carbonyl (C=O) groups is 2. The molecule has 1 saturated heterocycles. The first-order valence-corrected chi connectivity index (χ1v) is 10.9. The van der Waals surface area contributed by atoms with Gasteiger partial charge in [-0.3, -0.25) is 14.5 Å². The van der Waals surface area contributed by atoms with Gasteiger partial charge in [0.2, 0.25) is 5.91 Å². The fraction of sp³-hybridized carbons (Fsp3) is 0.364. The first kappa shape index (κ1) is 21.8. The van der Waals surface area contributed by atoms with E-state index in [9.17, 15) is 9.59 Å². The van der Waals surface area contributed by atoms with Crippen LogP contribution in [-0.4, -0.2) is 54.3 Å². The van der Waals surface area contributed by atoms with Gasteiger partial charge in [-0.15, -0.1) is 0 Å². The number of hydrogen-bond acceptors (Lipinski definition) is 3. The molecule has 0 aliphatic carbocycles. The van der Waals surface area contributed by atoms with Gasteiger partial charge in [-0.05, 0) is 49.2 Å². The van der Waals surface area contributed by atoms with Crippen LogP contribution in [0.5, 0.6) is 0 Å². The Labute approximate surface area is 185 Å². The highest BCUT2D eigenvalue weighted by molar-refractivity contribution is 9.10. The summed E-state index contributed by atoms with van der Waals surface area (Å²) in [6.45, 7) is 5.06. The summed E-state index contributed by atoms with van der Waals surface area (Å²) < 4.78 is 1.02. The Morgan fingerprint density at radius 3 is 2.59 bits per heavy atom. The summed E-state index contributed by atoms with van der Waals surface area (Å²) in [5.41, 5.74) is 1.67. The van der Waals surface area contributed by atoms with Gasteiger partial charge in [-0.25, -0.2) is 0 Å². The Morgan fingerprint density at radius 2 is 1.86 bits per heavy atom. The van der Waals surface area contributed by atoms with Crippen molar-refractivity contribution in [2.45, 2.75) is 19.4 Å². The molecule has 7 heteroatoms. The third-order valence-corrected chi connectivity index (χ3v) is 5.83. The molecule has 0 radical (unpaired) electrons. The van der Waals surface area contributed by atoms with E-state index in [2.05, 4.69) is 26.1 Å². The van der Waals surface area contributed by atoms with Crippen molar-refractivity contribution < 1.29 is 9.59 Å². The Balaban J connectivity index is 1.50. The van der Waals surface area contributed by atoms with Crippen LogP contribution in [0, 0.1) is 0 Å². The molecule has 1 fully saturated rings. The predicted molar refractivity (Wildman–Crippen MR) is 119 cm³/mol. The maximum absolute atomic E-state index is 12.7. The lowest BCUT2D eigenvalue weighted by Crippen LogP contribution is -2.40. The minimum Gasteiger partial charge on any atom is -0.348 e. The minimum absolute atomic E-state index is 0.00460. The average Bonchev–Trinajstić information content (AvgIpc) is 2.93. The van der Waals surface area contributed by atoms with Gasteiger partial charge in [0, 0.05) is 41.2 Å². The van der Waals surface area contributed by atoms with Crippen molar-refractivity contribution in [3.8, 4) is 0 Å². The molecule has 2 aromatic carbocycles. The zero-order chi connectivity index (χ0) is 20.8. The van der Waals surface area contributed by atoms with Crippen LogP contribution in [-0.2, 0) is 4.79 Å². The summed E-state index contributed by atoms with van der Waals surface area (Å²) in [5.74, 6) is -0.0160. The zero-order valence-corrected chi connectivity index (χ0v) is 18.7.